The Morgan fingerprint density at radius 2 is 1.79 bits per heavy atom. The maximum absolute atomic E-state index is 13.9. The molecule has 0 bridgehead atoms. The van der Waals surface area contributed by atoms with Gasteiger partial charge in [-0.25, -0.2) is 8.78 Å². The highest BCUT2D eigenvalue weighted by Gasteiger charge is 2.14. The number of methoxy groups -OCH3 is 1. The van der Waals surface area contributed by atoms with Crippen molar-refractivity contribution < 1.29 is 18.3 Å². The molecule has 0 atom stereocenters. The fourth-order valence-corrected chi connectivity index (χ4v) is 1.95. The van der Waals surface area contributed by atoms with E-state index in [2.05, 4.69) is 0 Å². The van der Waals surface area contributed by atoms with Gasteiger partial charge >= 0.3 is 0 Å². The second-order valence-corrected chi connectivity index (χ2v) is 4.23. The van der Waals surface area contributed by atoms with E-state index in [1.54, 1.807) is 0 Å². The van der Waals surface area contributed by atoms with Crippen LogP contribution in [0.15, 0.2) is 30.3 Å². The van der Waals surface area contributed by atoms with E-state index in [1.807, 2.05) is 0 Å². The number of ether oxygens (including phenoxy) is 1. The largest absolute Gasteiger partial charge is 0.497 e. The summed E-state index contributed by atoms with van der Waals surface area (Å²) in [5.74, 6) is -1.42. The summed E-state index contributed by atoms with van der Waals surface area (Å²) >= 11 is 5.84. The molecule has 0 aromatic heterocycles. The molecule has 0 aliphatic heterocycles. The molecule has 19 heavy (non-hydrogen) atoms. The normalized spacial score (nSPS) is 10.3. The summed E-state index contributed by atoms with van der Waals surface area (Å²) in [6.07, 6.45) is 0.576. The third kappa shape index (κ3) is 2.58. The van der Waals surface area contributed by atoms with Crippen LogP contribution in [-0.4, -0.2) is 13.4 Å². The van der Waals surface area contributed by atoms with Crippen LogP contribution in [-0.2, 0) is 0 Å². The van der Waals surface area contributed by atoms with Gasteiger partial charge in [0.15, 0.2) is 6.29 Å². The molecule has 0 amide bonds. The summed E-state index contributed by atoms with van der Waals surface area (Å²) in [6, 6.07) is 6.36. The lowest BCUT2D eigenvalue weighted by Crippen LogP contribution is -1.94. The Morgan fingerprint density at radius 1 is 1.16 bits per heavy atom. The number of benzene rings is 2. The van der Waals surface area contributed by atoms with Crippen molar-refractivity contribution in [2.75, 3.05) is 7.11 Å². The summed E-state index contributed by atoms with van der Waals surface area (Å²) in [6.45, 7) is 0. The van der Waals surface area contributed by atoms with Crippen molar-refractivity contribution in [3.63, 3.8) is 0 Å². The molecule has 5 heteroatoms. The number of halogens is 3. The molecule has 0 saturated carbocycles. The number of aldehydes is 1. The van der Waals surface area contributed by atoms with Crippen molar-refractivity contribution in [1.29, 1.82) is 0 Å². The lowest BCUT2D eigenvalue weighted by Gasteiger charge is -2.09. The zero-order valence-electron chi connectivity index (χ0n) is 9.91. The van der Waals surface area contributed by atoms with Crippen LogP contribution in [0.4, 0.5) is 8.78 Å². The first kappa shape index (κ1) is 13.5. The molecule has 0 aliphatic rings. The van der Waals surface area contributed by atoms with Crippen LogP contribution < -0.4 is 4.74 Å². The fourth-order valence-electron chi connectivity index (χ4n) is 1.72. The van der Waals surface area contributed by atoms with Gasteiger partial charge in [-0.15, -0.1) is 0 Å². The second-order valence-electron chi connectivity index (χ2n) is 3.82. The van der Waals surface area contributed by atoms with Crippen LogP contribution in [0.1, 0.15) is 10.4 Å². The predicted molar refractivity (Wildman–Crippen MR) is 68.7 cm³/mol. The summed E-state index contributed by atoms with van der Waals surface area (Å²) in [7, 11) is 1.32. The zero-order chi connectivity index (χ0) is 14.0. The Bertz CT molecular complexity index is 618. The summed E-state index contributed by atoms with van der Waals surface area (Å²) in [5.41, 5.74) is 0.313. The molecule has 0 N–H and O–H groups in total. The van der Waals surface area contributed by atoms with Gasteiger partial charge in [-0.2, -0.15) is 0 Å². The Balaban J connectivity index is 2.59. The van der Waals surface area contributed by atoms with E-state index in [4.69, 9.17) is 16.3 Å². The highest BCUT2D eigenvalue weighted by molar-refractivity contribution is 6.33. The van der Waals surface area contributed by atoms with Crippen LogP contribution in [0.25, 0.3) is 11.1 Å². The number of rotatable bonds is 3. The van der Waals surface area contributed by atoms with Gasteiger partial charge < -0.3 is 4.74 Å². The van der Waals surface area contributed by atoms with Gasteiger partial charge in [0.25, 0.3) is 0 Å². The molecule has 0 aliphatic carbocycles. The summed E-state index contributed by atoms with van der Waals surface area (Å²) in [5, 5.41) is 0.141. The number of hydrogen-bond acceptors (Lipinski definition) is 2. The van der Waals surface area contributed by atoms with Crippen LogP contribution in [0.2, 0.25) is 5.02 Å². The molecule has 2 nitrogen and oxygen atoms in total. The minimum Gasteiger partial charge on any atom is -0.497 e. The highest BCUT2D eigenvalue weighted by Crippen LogP contribution is 2.31. The fraction of sp³-hybridized carbons (Fsp3) is 0.0714. The first-order valence-corrected chi connectivity index (χ1v) is 5.72. The molecule has 98 valence electrons. The third-order valence-electron chi connectivity index (χ3n) is 2.67. The van der Waals surface area contributed by atoms with E-state index < -0.39 is 11.6 Å². The summed E-state index contributed by atoms with van der Waals surface area (Å²) in [4.78, 5) is 10.6. The van der Waals surface area contributed by atoms with Crippen molar-refractivity contribution in [2.24, 2.45) is 0 Å². The molecule has 0 heterocycles. The van der Waals surface area contributed by atoms with Crippen molar-refractivity contribution in [1.82, 2.24) is 0 Å². The molecule has 0 saturated heterocycles. The smallest absolute Gasteiger partial charge is 0.151 e. The minimum atomic E-state index is -0.758. The minimum absolute atomic E-state index is 0.0920. The highest BCUT2D eigenvalue weighted by atomic mass is 35.5. The van der Waals surface area contributed by atoms with Gasteiger partial charge in [0.05, 0.1) is 17.7 Å². The van der Waals surface area contributed by atoms with Crippen molar-refractivity contribution >= 4 is 17.9 Å². The maximum atomic E-state index is 13.9. The van der Waals surface area contributed by atoms with Gasteiger partial charge in [-0.3, -0.25) is 4.79 Å². The van der Waals surface area contributed by atoms with Gasteiger partial charge in [0, 0.05) is 17.7 Å². The van der Waals surface area contributed by atoms with Crippen LogP contribution >= 0.6 is 11.6 Å². The standard InChI is InChI=1S/C14H9ClF2O2/c1-19-10-5-12(16)14(13(17)6-10)8-2-3-9(7-18)11(15)4-8/h2-7H,1H3. The average Bonchev–Trinajstić information content (AvgIpc) is 2.38. The third-order valence-corrected chi connectivity index (χ3v) is 2.99. The van der Waals surface area contributed by atoms with E-state index in [1.165, 1.54) is 25.3 Å². The molecular formula is C14H9ClF2O2. The van der Waals surface area contributed by atoms with Crippen molar-refractivity contribution in [3.8, 4) is 16.9 Å². The topological polar surface area (TPSA) is 26.3 Å². The molecule has 2 aromatic rings. The Kier molecular flexibility index (Phi) is 3.81. The monoisotopic (exact) mass is 282 g/mol. The Morgan fingerprint density at radius 3 is 2.26 bits per heavy atom. The molecule has 2 rings (SSSR count). The quantitative estimate of drug-likeness (QED) is 0.792. The van der Waals surface area contributed by atoms with Gasteiger partial charge in [0.2, 0.25) is 0 Å². The van der Waals surface area contributed by atoms with Crippen molar-refractivity contribution in [3.05, 3.63) is 52.6 Å². The lowest BCUT2D eigenvalue weighted by atomic mass is 10.0. The number of carbonyl (C=O) groups is 1. The van der Waals surface area contributed by atoms with E-state index in [-0.39, 0.29) is 27.5 Å². The average molecular weight is 283 g/mol. The van der Waals surface area contributed by atoms with Gasteiger partial charge in [-0.05, 0) is 17.7 Å². The van der Waals surface area contributed by atoms with Gasteiger partial charge in [0.1, 0.15) is 17.4 Å². The molecule has 0 radical (unpaired) electrons. The maximum Gasteiger partial charge on any atom is 0.151 e. The molecule has 2 aromatic carbocycles. The Labute approximate surface area is 113 Å². The molecular weight excluding hydrogens is 274 g/mol. The molecule has 0 unspecified atom stereocenters. The van der Waals surface area contributed by atoms with E-state index in [0.29, 0.717) is 6.29 Å². The van der Waals surface area contributed by atoms with Crippen LogP contribution in [0.5, 0.6) is 5.75 Å². The van der Waals surface area contributed by atoms with Crippen LogP contribution in [0, 0.1) is 11.6 Å². The molecule has 0 fully saturated rings. The zero-order valence-corrected chi connectivity index (χ0v) is 10.7. The SMILES string of the molecule is COc1cc(F)c(-c2ccc(C=O)c(Cl)c2)c(F)c1. The van der Waals surface area contributed by atoms with Crippen LogP contribution in [0.3, 0.4) is 0 Å². The van der Waals surface area contributed by atoms with E-state index in [0.717, 1.165) is 12.1 Å². The second kappa shape index (κ2) is 5.36. The Hall–Kier alpha value is -1.94. The summed E-state index contributed by atoms with van der Waals surface area (Å²) < 4.78 is 32.5. The van der Waals surface area contributed by atoms with Crippen molar-refractivity contribution in [2.45, 2.75) is 0 Å². The first-order chi connectivity index (χ1) is 9.06. The van der Waals surface area contributed by atoms with Gasteiger partial charge in [-0.1, -0.05) is 17.7 Å². The number of carbonyl (C=O) groups excluding carboxylic acids is 1. The lowest BCUT2D eigenvalue weighted by molar-refractivity contribution is 0.112. The van der Waals surface area contributed by atoms with E-state index >= 15 is 0 Å². The number of hydrogen-bond donors (Lipinski definition) is 0. The predicted octanol–water partition coefficient (Wildman–Crippen LogP) is 4.11. The molecule has 0 spiro atoms. The van der Waals surface area contributed by atoms with E-state index in [9.17, 15) is 13.6 Å². The first-order valence-electron chi connectivity index (χ1n) is 5.35.